The van der Waals surface area contributed by atoms with Crippen LogP contribution in [0.25, 0.3) is 10.9 Å². The molecule has 0 saturated carbocycles. The summed E-state index contributed by atoms with van der Waals surface area (Å²) in [6.07, 6.45) is 8.29. The number of rotatable bonds is 8. The zero-order valence-corrected chi connectivity index (χ0v) is 21.2. The average molecular weight is 582 g/mol. The molecule has 1 atom stereocenters. The van der Waals surface area contributed by atoms with E-state index < -0.39 is 17.9 Å². The molecule has 0 fully saturated rings. The van der Waals surface area contributed by atoms with Gasteiger partial charge >= 0.3 is 6.09 Å². The highest BCUT2D eigenvalue weighted by atomic mass is 127. The van der Waals surface area contributed by atoms with Crippen LogP contribution in [0, 0.1) is 6.92 Å². The van der Waals surface area contributed by atoms with E-state index in [1.54, 1.807) is 21.1 Å². The molecule has 0 spiro atoms. The Balaban J connectivity index is 0.000000315. The van der Waals surface area contributed by atoms with E-state index >= 15 is 0 Å². The van der Waals surface area contributed by atoms with Gasteiger partial charge in [-0.05, 0) is 58.3 Å². The number of para-hydroxylation sites is 1. The molecule has 1 aliphatic rings. The number of aryl methyl sites for hydroxylation is 1. The molecule has 176 valence electrons. The fourth-order valence-electron chi connectivity index (χ4n) is 3.04. The second-order valence-electron chi connectivity index (χ2n) is 7.03. The Morgan fingerprint density at radius 2 is 2.12 bits per heavy atom. The van der Waals surface area contributed by atoms with Gasteiger partial charge < -0.3 is 20.8 Å². The van der Waals surface area contributed by atoms with Crippen LogP contribution in [0.1, 0.15) is 12.0 Å². The minimum absolute atomic E-state index is 0.240. The van der Waals surface area contributed by atoms with E-state index in [0.29, 0.717) is 24.4 Å². The van der Waals surface area contributed by atoms with Crippen molar-refractivity contribution < 1.29 is 19.1 Å². The van der Waals surface area contributed by atoms with Gasteiger partial charge in [-0.25, -0.2) is 4.79 Å². The van der Waals surface area contributed by atoms with Crippen LogP contribution in [0.2, 0.25) is 0 Å². The van der Waals surface area contributed by atoms with Gasteiger partial charge in [-0.15, -0.1) is 6.58 Å². The zero-order chi connectivity index (χ0) is 24.2. The van der Waals surface area contributed by atoms with E-state index in [2.05, 4.69) is 63.2 Å². The van der Waals surface area contributed by atoms with Crippen LogP contribution >= 0.6 is 30.1 Å². The lowest BCUT2D eigenvalue weighted by molar-refractivity contribution is -0.122. The second kappa shape index (κ2) is 13.7. The third-order valence-corrected chi connectivity index (χ3v) is 6.27. The first-order valence-corrected chi connectivity index (χ1v) is 13.7. The molecule has 2 aromatic rings. The van der Waals surface area contributed by atoms with Crippen molar-refractivity contribution in [3.8, 4) is 0 Å². The van der Waals surface area contributed by atoms with Crippen molar-refractivity contribution >= 4 is 58.9 Å². The maximum atomic E-state index is 12.1. The minimum atomic E-state index is -0.625. The quantitative estimate of drug-likeness (QED) is 0.247. The Morgan fingerprint density at radius 1 is 1.36 bits per heavy atom. The number of aromatic nitrogens is 1. The number of amides is 3. The Hall–Kier alpha value is -2.73. The standard InChI is InChI=1S/C14H18IN3O4S.C9H9N/c1-2-3-11-8-10(13(20)17-9-12(16)19)4-5-18(11)14(21)22-6-7-23-15;1-7-6-10-9-5-3-2-4-8(7)9/h2,4-5,8,11H,1,3,6-7,9H2,(H2,16,19)(H,17,20);2-6,10H,1H3. The van der Waals surface area contributed by atoms with Crippen LogP contribution < -0.4 is 11.1 Å². The predicted octanol–water partition coefficient (Wildman–Crippen LogP) is 3.98. The molecule has 2 heterocycles. The summed E-state index contributed by atoms with van der Waals surface area (Å²) in [4.78, 5) is 39.3. The lowest BCUT2D eigenvalue weighted by Gasteiger charge is -2.28. The van der Waals surface area contributed by atoms with E-state index in [9.17, 15) is 14.4 Å². The molecule has 0 radical (unpaired) electrons. The Bertz CT molecular complexity index is 1050. The van der Waals surface area contributed by atoms with Crippen molar-refractivity contribution in [3.05, 3.63) is 72.6 Å². The molecule has 1 aromatic heterocycles. The molecule has 0 bridgehead atoms. The lowest BCUT2D eigenvalue weighted by atomic mass is 10.0. The van der Waals surface area contributed by atoms with Crippen LogP contribution in [0.3, 0.4) is 0 Å². The van der Waals surface area contributed by atoms with E-state index in [0.717, 1.165) is 0 Å². The molecule has 4 N–H and O–H groups in total. The third-order valence-electron chi connectivity index (χ3n) is 4.63. The number of primary amides is 1. The summed E-state index contributed by atoms with van der Waals surface area (Å²) < 4.78 is 5.16. The number of carbonyl (C=O) groups excluding carboxylic acids is 3. The predicted molar refractivity (Wildman–Crippen MR) is 141 cm³/mol. The van der Waals surface area contributed by atoms with Gasteiger partial charge in [-0.1, -0.05) is 33.2 Å². The molecule has 1 unspecified atom stereocenters. The maximum absolute atomic E-state index is 12.1. The summed E-state index contributed by atoms with van der Waals surface area (Å²) in [6, 6.07) is 7.94. The molecule has 8 nitrogen and oxygen atoms in total. The number of hydrogen-bond acceptors (Lipinski definition) is 5. The van der Waals surface area contributed by atoms with Crippen LogP contribution in [0.15, 0.2) is 67.0 Å². The molecule has 1 aliphatic heterocycles. The Labute approximate surface area is 209 Å². The molecule has 0 aliphatic carbocycles. The first kappa shape index (κ1) is 26.5. The van der Waals surface area contributed by atoms with Gasteiger partial charge in [0.2, 0.25) is 5.91 Å². The number of nitrogens with one attached hydrogen (secondary N) is 2. The Morgan fingerprint density at radius 3 is 2.79 bits per heavy atom. The summed E-state index contributed by atoms with van der Waals surface area (Å²) in [7, 11) is 1.55. The number of benzene rings is 1. The van der Waals surface area contributed by atoms with E-state index in [1.807, 2.05) is 12.3 Å². The van der Waals surface area contributed by atoms with Crippen molar-refractivity contribution in [1.82, 2.24) is 15.2 Å². The van der Waals surface area contributed by atoms with Crippen molar-refractivity contribution in [1.29, 1.82) is 0 Å². The van der Waals surface area contributed by atoms with Crippen molar-refractivity contribution in [2.75, 3.05) is 18.9 Å². The van der Waals surface area contributed by atoms with Crippen LogP contribution in [-0.4, -0.2) is 52.7 Å². The van der Waals surface area contributed by atoms with E-state index in [-0.39, 0.29) is 12.6 Å². The molecular formula is C23H27IN4O4S. The number of fused-ring (bicyclic) bond motifs is 1. The zero-order valence-electron chi connectivity index (χ0n) is 18.3. The highest BCUT2D eigenvalue weighted by molar-refractivity contribution is 14.2. The van der Waals surface area contributed by atoms with Crippen molar-refractivity contribution in [2.45, 2.75) is 19.4 Å². The third kappa shape index (κ3) is 8.28. The fourth-order valence-corrected chi connectivity index (χ4v) is 3.72. The van der Waals surface area contributed by atoms with Crippen LogP contribution in [-0.2, 0) is 14.3 Å². The van der Waals surface area contributed by atoms with Gasteiger partial charge in [0.05, 0.1) is 12.6 Å². The van der Waals surface area contributed by atoms with Gasteiger partial charge in [0.25, 0.3) is 5.91 Å². The van der Waals surface area contributed by atoms with Gasteiger partial charge in [0.15, 0.2) is 0 Å². The second-order valence-corrected chi connectivity index (χ2v) is 9.53. The normalized spacial score (nSPS) is 14.7. The monoisotopic (exact) mass is 582 g/mol. The van der Waals surface area contributed by atoms with Gasteiger partial charge in [0, 0.05) is 34.6 Å². The summed E-state index contributed by atoms with van der Waals surface area (Å²) in [6.45, 7) is 5.84. The highest BCUT2D eigenvalue weighted by Crippen LogP contribution is 2.19. The summed E-state index contributed by atoms with van der Waals surface area (Å²) in [5.41, 5.74) is 7.88. The van der Waals surface area contributed by atoms with E-state index in [4.69, 9.17) is 10.5 Å². The average Bonchev–Trinajstić information content (AvgIpc) is 3.19. The lowest BCUT2D eigenvalue weighted by Crippen LogP contribution is -2.39. The smallest absolute Gasteiger partial charge is 0.414 e. The fraction of sp³-hybridized carbons (Fsp3) is 0.261. The molecule has 1 aromatic carbocycles. The van der Waals surface area contributed by atoms with Gasteiger partial charge in [-0.3, -0.25) is 14.5 Å². The van der Waals surface area contributed by atoms with Crippen LogP contribution in [0.5, 0.6) is 0 Å². The number of nitrogens with two attached hydrogens (primary N) is 1. The topological polar surface area (TPSA) is 118 Å². The number of nitrogens with zero attached hydrogens (tertiary/aromatic N) is 1. The number of ether oxygens (including phenoxy) is 1. The molecular weight excluding hydrogens is 555 g/mol. The first-order chi connectivity index (χ1) is 15.9. The molecule has 3 rings (SSSR count). The van der Waals surface area contributed by atoms with Crippen molar-refractivity contribution in [3.63, 3.8) is 0 Å². The minimum Gasteiger partial charge on any atom is -0.448 e. The van der Waals surface area contributed by atoms with Crippen molar-refractivity contribution in [2.24, 2.45) is 5.73 Å². The largest absolute Gasteiger partial charge is 0.448 e. The maximum Gasteiger partial charge on any atom is 0.414 e. The summed E-state index contributed by atoms with van der Waals surface area (Å²) in [5.74, 6) is -0.352. The summed E-state index contributed by atoms with van der Waals surface area (Å²) in [5, 5.41) is 3.73. The van der Waals surface area contributed by atoms with E-state index in [1.165, 1.54) is 33.6 Å². The Kier molecular flexibility index (Phi) is 11.0. The van der Waals surface area contributed by atoms with Gasteiger partial charge in [-0.2, -0.15) is 0 Å². The number of hydrogen-bond donors (Lipinski definition) is 3. The number of carbonyl (C=O) groups is 3. The van der Waals surface area contributed by atoms with Crippen LogP contribution in [0.4, 0.5) is 4.79 Å². The molecule has 10 heteroatoms. The summed E-state index contributed by atoms with van der Waals surface area (Å²) >= 11 is 2.13. The molecule has 0 saturated heterocycles. The SMILES string of the molecule is C=CCC1C=C(C(=O)NCC(N)=O)C=CN1C(=O)OCCSI.Cc1c[nH]c2ccccc12. The first-order valence-electron chi connectivity index (χ1n) is 10.2. The molecule has 3 amide bonds. The number of aromatic amines is 1. The number of halogens is 1. The highest BCUT2D eigenvalue weighted by Gasteiger charge is 2.25. The molecule has 33 heavy (non-hydrogen) atoms. The number of H-pyrrole nitrogens is 1. The van der Waals surface area contributed by atoms with Gasteiger partial charge in [0.1, 0.15) is 6.61 Å².